The van der Waals surface area contributed by atoms with E-state index in [1.54, 1.807) is 6.07 Å². The number of carbonyl (C=O) groups is 2. The van der Waals surface area contributed by atoms with Crippen molar-refractivity contribution in [3.8, 4) is 5.75 Å². The van der Waals surface area contributed by atoms with E-state index in [4.69, 9.17) is 9.84 Å². The summed E-state index contributed by atoms with van der Waals surface area (Å²) in [6, 6.07) is 3.09. The molecule has 0 aliphatic carbocycles. The lowest BCUT2D eigenvalue weighted by Gasteiger charge is -2.12. The van der Waals surface area contributed by atoms with Crippen molar-refractivity contribution in [3.05, 3.63) is 28.8 Å². The van der Waals surface area contributed by atoms with Gasteiger partial charge in [-0.25, -0.2) is 4.79 Å². The number of hydrogen-bond donors (Lipinski definition) is 1. The molecule has 1 aromatic carbocycles. The van der Waals surface area contributed by atoms with Gasteiger partial charge in [-0.2, -0.15) is 0 Å². The fourth-order valence-corrected chi connectivity index (χ4v) is 1.71. The van der Waals surface area contributed by atoms with Crippen molar-refractivity contribution in [1.29, 1.82) is 0 Å². The molecule has 0 spiro atoms. The minimum atomic E-state index is -0.982. The molecule has 1 N–H and O–H groups in total. The maximum absolute atomic E-state index is 11.0. The summed E-state index contributed by atoms with van der Waals surface area (Å²) in [4.78, 5) is 21.9. The van der Waals surface area contributed by atoms with Crippen LogP contribution in [0.25, 0.3) is 0 Å². The molecule has 0 bridgehead atoms. The van der Waals surface area contributed by atoms with Crippen LogP contribution in [0.3, 0.4) is 0 Å². The highest BCUT2D eigenvalue weighted by atomic mass is 16.5. The van der Waals surface area contributed by atoms with Crippen LogP contribution in [0, 0.1) is 6.92 Å². The number of ether oxygens (including phenoxy) is 1. The molecule has 0 heterocycles. The van der Waals surface area contributed by atoms with Gasteiger partial charge in [0.25, 0.3) is 0 Å². The summed E-state index contributed by atoms with van der Waals surface area (Å²) in [5, 5.41) is 8.93. The molecule has 92 valence electrons. The van der Waals surface area contributed by atoms with Gasteiger partial charge in [0.05, 0.1) is 12.7 Å². The standard InChI is InChI=1S/C13H16O4/c1-8-6-10(13(15)16)7-12(17-3)11(8)5-4-9(2)14/h6-7H,4-5H2,1-3H3,(H,15,16). The molecule has 4 nitrogen and oxygen atoms in total. The number of carbonyl (C=O) groups excluding carboxylic acids is 1. The van der Waals surface area contributed by atoms with E-state index in [0.717, 1.165) is 11.1 Å². The van der Waals surface area contributed by atoms with Gasteiger partial charge in [-0.3, -0.25) is 0 Å². The van der Waals surface area contributed by atoms with E-state index >= 15 is 0 Å². The third-order valence-electron chi connectivity index (χ3n) is 2.63. The van der Waals surface area contributed by atoms with Crippen molar-refractivity contribution >= 4 is 11.8 Å². The van der Waals surface area contributed by atoms with Gasteiger partial charge in [-0.15, -0.1) is 0 Å². The lowest BCUT2D eigenvalue weighted by atomic mass is 9.99. The van der Waals surface area contributed by atoms with E-state index in [1.807, 2.05) is 6.92 Å². The molecule has 1 rings (SSSR count). The van der Waals surface area contributed by atoms with Gasteiger partial charge in [0.15, 0.2) is 0 Å². The monoisotopic (exact) mass is 236 g/mol. The SMILES string of the molecule is COc1cc(C(=O)O)cc(C)c1CCC(C)=O. The number of carboxylic acid groups (broad SMARTS) is 1. The summed E-state index contributed by atoms with van der Waals surface area (Å²) in [7, 11) is 1.50. The lowest BCUT2D eigenvalue weighted by molar-refractivity contribution is -0.116. The number of benzene rings is 1. The zero-order chi connectivity index (χ0) is 13.0. The van der Waals surface area contributed by atoms with Crippen molar-refractivity contribution < 1.29 is 19.4 Å². The van der Waals surface area contributed by atoms with E-state index in [2.05, 4.69) is 0 Å². The largest absolute Gasteiger partial charge is 0.496 e. The predicted molar refractivity (Wildman–Crippen MR) is 63.7 cm³/mol. The molecule has 0 aromatic heterocycles. The summed E-state index contributed by atoms with van der Waals surface area (Å²) in [5.41, 5.74) is 1.93. The fourth-order valence-electron chi connectivity index (χ4n) is 1.71. The van der Waals surface area contributed by atoms with Gasteiger partial charge >= 0.3 is 5.97 Å². The van der Waals surface area contributed by atoms with Crippen LogP contribution >= 0.6 is 0 Å². The van der Waals surface area contributed by atoms with Crippen LogP contribution in [0.1, 0.15) is 34.8 Å². The minimum Gasteiger partial charge on any atom is -0.496 e. The third kappa shape index (κ3) is 3.31. The molecule has 0 fully saturated rings. The van der Waals surface area contributed by atoms with Crippen molar-refractivity contribution in [1.82, 2.24) is 0 Å². The second-order valence-corrected chi connectivity index (χ2v) is 3.98. The first kappa shape index (κ1) is 13.2. The Kier molecular flexibility index (Phi) is 4.26. The first-order chi connectivity index (χ1) is 7.95. The molecule has 0 saturated carbocycles. The smallest absolute Gasteiger partial charge is 0.335 e. The Labute approximate surface area is 100 Å². The van der Waals surface area contributed by atoms with E-state index < -0.39 is 5.97 Å². The summed E-state index contributed by atoms with van der Waals surface area (Å²) in [6.45, 7) is 3.36. The van der Waals surface area contributed by atoms with Gasteiger partial charge in [0.1, 0.15) is 11.5 Å². The van der Waals surface area contributed by atoms with Crippen LogP contribution in [0.15, 0.2) is 12.1 Å². The number of aromatic carboxylic acids is 1. The number of hydrogen-bond acceptors (Lipinski definition) is 3. The molecule has 0 aliphatic rings. The Morgan fingerprint density at radius 3 is 2.47 bits per heavy atom. The van der Waals surface area contributed by atoms with Crippen LogP contribution < -0.4 is 4.74 Å². The number of methoxy groups -OCH3 is 1. The number of rotatable bonds is 5. The zero-order valence-corrected chi connectivity index (χ0v) is 10.2. The Bertz CT molecular complexity index is 449. The zero-order valence-electron chi connectivity index (χ0n) is 10.2. The van der Waals surface area contributed by atoms with Crippen LogP contribution in [-0.2, 0) is 11.2 Å². The molecule has 0 amide bonds. The van der Waals surface area contributed by atoms with Crippen LogP contribution in [0.5, 0.6) is 5.75 Å². The molecule has 17 heavy (non-hydrogen) atoms. The van der Waals surface area contributed by atoms with Gasteiger partial charge in [0, 0.05) is 6.42 Å². The summed E-state index contributed by atoms with van der Waals surface area (Å²) < 4.78 is 5.17. The molecule has 4 heteroatoms. The van der Waals surface area contributed by atoms with E-state index in [9.17, 15) is 9.59 Å². The molecule has 1 aromatic rings. The van der Waals surface area contributed by atoms with Crippen molar-refractivity contribution in [3.63, 3.8) is 0 Å². The molecule has 0 radical (unpaired) electrons. The number of Topliss-reactive ketones (excluding diaryl/α,β-unsaturated/α-hetero) is 1. The molecule has 0 saturated heterocycles. The normalized spacial score (nSPS) is 10.1. The van der Waals surface area contributed by atoms with Gasteiger partial charge in [-0.1, -0.05) is 0 Å². The average molecular weight is 236 g/mol. The lowest BCUT2D eigenvalue weighted by Crippen LogP contribution is -2.04. The van der Waals surface area contributed by atoms with Crippen LogP contribution in [0.2, 0.25) is 0 Å². The predicted octanol–water partition coefficient (Wildman–Crippen LogP) is 2.22. The quantitative estimate of drug-likeness (QED) is 0.851. The molecule has 0 atom stereocenters. The Hall–Kier alpha value is -1.84. The van der Waals surface area contributed by atoms with E-state index in [-0.39, 0.29) is 11.3 Å². The maximum atomic E-state index is 11.0. The first-order valence-electron chi connectivity index (χ1n) is 5.36. The van der Waals surface area contributed by atoms with E-state index in [1.165, 1.54) is 20.1 Å². The number of carboxylic acids is 1. The molecule has 0 unspecified atom stereocenters. The van der Waals surface area contributed by atoms with Crippen molar-refractivity contribution in [2.45, 2.75) is 26.7 Å². The average Bonchev–Trinajstić information content (AvgIpc) is 2.25. The summed E-state index contributed by atoms with van der Waals surface area (Å²) in [6.07, 6.45) is 1.01. The highest BCUT2D eigenvalue weighted by Gasteiger charge is 2.13. The minimum absolute atomic E-state index is 0.105. The number of ketones is 1. The third-order valence-corrected chi connectivity index (χ3v) is 2.63. The maximum Gasteiger partial charge on any atom is 0.335 e. The second kappa shape index (κ2) is 5.48. The molecular formula is C13H16O4. The van der Waals surface area contributed by atoms with Gasteiger partial charge < -0.3 is 14.6 Å². The van der Waals surface area contributed by atoms with Gasteiger partial charge in [-0.05, 0) is 43.5 Å². The first-order valence-corrected chi connectivity index (χ1v) is 5.36. The molecular weight excluding hydrogens is 220 g/mol. The summed E-state index contributed by atoms with van der Waals surface area (Å²) >= 11 is 0. The molecule has 0 aliphatic heterocycles. The van der Waals surface area contributed by atoms with Crippen LogP contribution in [-0.4, -0.2) is 24.0 Å². The second-order valence-electron chi connectivity index (χ2n) is 3.98. The highest BCUT2D eigenvalue weighted by Crippen LogP contribution is 2.25. The van der Waals surface area contributed by atoms with Crippen LogP contribution in [0.4, 0.5) is 0 Å². The Balaban J connectivity index is 3.12. The van der Waals surface area contributed by atoms with Gasteiger partial charge in [0.2, 0.25) is 0 Å². The topological polar surface area (TPSA) is 63.6 Å². The Morgan fingerprint density at radius 2 is 2.00 bits per heavy atom. The number of aryl methyl sites for hydroxylation is 1. The van der Waals surface area contributed by atoms with E-state index in [0.29, 0.717) is 18.6 Å². The highest BCUT2D eigenvalue weighted by molar-refractivity contribution is 5.88. The van der Waals surface area contributed by atoms with Crippen molar-refractivity contribution in [2.24, 2.45) is 0 Å². The fraction of sp³-hybridized carbons (Fsp3) is 0.385. The summed E-state index contributed by atoms with van der Waals surface area (Å²) in [5.74, 6) is -0.345. The van der Waals surface area contributed by atoms with Crippen molar-refractivity contribution in [2.75, 3.05) is 7.11 Å². The Morgan fingerprint density at radius 1 is 1.35 bits per heavy atom.